The van der Waals surface area contributed by atoms with Crippen molar-refractivity contribution in [1.29, 1.82) is 0 Å². The number of sulfonamides is 1. The highest BCUT2D eigenvalue weighted by Gasteiger charge is 2.27. The van der Waals surface area contributed by atoms with Gasteiger partial charge in [-0.15, -0.1) is 0 Å². The second-order valence-electron chi connectivity index (χ2n) is 6.29. The Balaban J connectivity index is 1.50. The minimum Gasteiger partial charge on any atom is -0.299 e. The maximum atomic E-state index is 13.5. The van der Waals surface area contributed by atoms with Crippen LogP contribution >= 0.6 is 0 Å². The molecule has 1 aliphatic carbocycles. The number of amides is 1. The number of hydrogen-bond acceptors (Lipinski definition) is 4. The van der Waals surface area contributed by atoms with Gasteiger partial charge < -0.3 is 0 Å². The summed E-state index contributed by atoms with van der Waals surface area (Å²) in [5.41, 5.74) is 5.39. The number of rotatable bonds is 8. The zero-order valence-electron chi connectivity index (χ0n) is 14.3. The molecule has 0 aromatic heterocycles. The first-order valence-corrected chi connectivity index (χ1v) is 9.93. The van der Waals surface area contributed by atoms with Gasteiger partial charge in [0.1, 0.15) is 11.6 Å². The van der Waals surface area contributed by atoms with E-state index in [9.17, 15) is 22.0 Å². The van der Waals surface area contributed by atoms with Gasteiger partial charge in [-0.05, 0) is 55.7 Å². The molecule has 2 aromatic carbocycles. The predicted molar refractivity (Wildman–Crippen MR) is 96.2 cm³/mol. The van der Waals surface area contributed by atoms with Crippen LogP contribution in [0.1, 0.15) is 24.8 Å². The van der Waals surface area contributed by atoms with Crippen LogP contribution in [0.3, 0.4) is 0 Å². The van der Waals surface area contributed by atoms with Crippen molar-refractivity contribution in [1.82, 2.24) is 10.1 Å². The van der Waals surface area contributed by atoms with Crippen molar-refractivity contribution in [3.8, 4) is 0 Å². The van der Waals surface area contributed by atoms with Crippen LogP contribution < -0.4 is 15.6 Å². The fourth-order valence-corrected chi connectivity index (χ4v) is 3.73. The summed E-state index contributed by atoms with van der Waals surface area (Å²) in [5, 5.41) is 0. The Labute approximate surface area is 156 Å². The number of hydrogen-bond donors (Lipinski definition) is 3. The Hall–Kier alpha value is -2.52. The highest BCUT2D eigenvalue weighted by molar-refractivity contribution is 7.89. The summed E-state index contributed by atoms with van der Waals surface area (Å²) in [4.78, 5) is 12.0. The van der Waals surface area contributed by atoms with Gasteiger partial charge in [0.05, 0.1) is 10.6 Å². The summed E-state index contributed by atoms with van der Waals surface area (Å²) in [6, 6.07) is 9.44. The zero-order chi connectivity index (χ0) is 19.4. The molecule has 2 aromatic rings. The topological polar surface area (TPSA) is 87.3 Å². The lowest BCUT2D eigenvalue weighted by molar-refractivity contribution is -0.120. The maximum absolute atomic E-state index is 13.5. The molecule has 0 heterocycles. The molecular formula is C18H19F2N3O3S. The lowest BCUT2D eigenvalue weighted by Gasteiger charge is -2.10. The van der Waals surface area contributed by atoms with E-state index < -0.39 is 27.6 Å². The lowest BCUT2D eigenvalue weighted by atomic mass is 10.1. The highest BCUT2D eigenvalue weighted by Crippen LogP contribution is 2.22. The van der Waals surface area contributed by atoms with Crippen LogP contribution in [0.25, 0.3) is 0 Å². The molecule has 6 nitrogen and oxygen atoms in total. The van der Waals surface area contributed by atoms with Crippen molar-refractivity contribution >= 4 is 21.6 Å². The normalized spacial score (nSPS) is 14.0. The number of hydrazine groups is 1. The van der Waals surface area contributed by atoms with E-state index in [4.69, 9.17) is 0 Å². The summed E-state index contributed by atoms with van der Waals surface area (Å²) in [6.45, 7) is 0. The minimum absolute atomic E-state index is 0.0198. The van der Waals surface area contributed by atoms with E-state index >= 15 is 0 Å². The summed E-state index contributed by atoms with van der Waals surface area (Å²) in [5.74, 6) is -1.83. The fraction of sp³-hybridized carbons (Fsp3) is 0.278. The van der Waals surface area contributed by atoms with Crippen LogP contribution in [-0.2, 0) is 21.2 Å². The van der Waals surface area contributed by atoms with Gasteiger partial charge in [0.2, 0.25) is 15.9 Å². The van der Waals surface area contributed by atoms with E-state index in [0.29, 0.717) is 5.69 Å². The zero-order valence-corrected chi connectivity index (χ0v) is 15.2. The predicted octanol–water partition coefficient (Wildman–Crippen LogP) is 2.48. The monoisotopic (exact) mass is 395 g/mol. The first kappa shape index (κ1) is 19.2. The number of carbonyl (C=O) groups is 1. The van der Waals surface area contributed by atoms with Gasteiger partial charge in [-0.3, -0.25) is 15.6 Å². The molecule has 144 valence electrons. The van der Waals surface area contributed by atoms with Crippen molar-refractivity contribution in [3.05, 3.63) is 59.7 Å². The molecule has 1 aliphatic rings. The van der Waals surface area contributed by atoms with E-state index in [1.807, 2.05) is 0 Å². The molecule has 0 saturated heterocycles. The molecule has 0 aliphatic heterocycles. The number of anilines is 1. The van der Waals surface area contributed by atoms with Crippen LogP contribution in [0.4, 0.5) is 14.5 Å². The standard InChI is InChI=1S/C18H19F2N3O3S/c19-16-2-1-3-17(20)15(16)10-11-18(24)22-21-12-6-8-14(9-7-12)27(25,26)23-13-4-5-13/h1-3,6-9,13,21,23H,4-5,10-11H2,(H,22,24). The first-order chi connectivity index (χ1) is 12.8. The number of nitrogens with one attached hydrogen (secondary N) is 3. The third-order valence-electron chi connectivity index (χ3n) is 4.07. The van der Waals surface area contributed by atoms with Crippen molar-refractivity contribution < 1.29 is 22.0 Å². The fourth-order valence-electron chi connectivity index (χ4n) is 2.42. The van der Waals surface area contributed by atoms with Gasteiger partial charge in [0.25, 0.3) is 0 Å². The Morgan fingerprint density at radius 3 is 2.26 bits per heavy atom. The molecule has 9 heteroatoms. The van der Waals surface area contributed by atoms with Crippen LogP contribution in [0.5, 0.6) is 0 Å². The molecule has 0 bridgehead atoms. The molecule has 1 amide bonds. The maximum Gasteiger partial charge on any atom is 0.240 e. The van der Waals surface area contributed by atoms with E-state index in [0.717, 1.165) is 25.0 Å². The van der Waals surface area contributed by atoms with E-state index in [2.05, 4.69) is 15.6 Å². The number of carbonyl (C=O) groups excluding carboxylic acids is 1. The molecule has 0 spiro atoms. The number of benzene rings is 2. The molecule has 1 saturated carbocycles. The molecule has 3 N–H and O–H groups in total. The Morgan fingerprint density at radius 2 is 1.67 bits per heavy atom. The van der Waals surface area contributed by atoms with Crippen LogP contribution in [0.15, 0.2) is 47.4 Å². The Bertz CT molecular complexity index is 909. The molecule has 0 unspecified atom stereocenters. The minimum atomic E-state index is -3.53. The lowest BCUT2D eigenvalue weighted by Crippen LogP contribution is -2.29. The van der Waals surface area contributed by atoms with E-state index in [1.165, 1.54) is 30.3 Å². The molecular weight excluding hydrogens is 376 g/mol. The van der Waals surface area contributed by atoms with Gasteiger partial charge >= 0.3 is 0 Å². The summed E-state index contributed by atoms with van der Waals surface area (Å²) < 4.78 is 53.8. The van der Waals surface area contributed by atoms with E-state index in [1.54, 1.807) is 0 Å². The molecule has 27 heavy (non-hydrogen) atoms. The molecule has 1 fully saturated rings. The number of halogens is 2. The average molecular weight is 395 g/mol. The van der Waals surface area contributed by atoms with Crippen LogP contribution in [-0.4, -0.2) is 20.4 Å². The van der Waals surface area contributed by atoms with Crippen molar-refractivity contribution in [2.24, 2.45) is 0 Å². The average Bonchev–Trinajstić information content (AvgIpc) is 3.43. The van der Waals surface area contributed by atoms with Crippen LogP contribution in [0, 0.1) is 11.6 Å². The van der Waals surface area contributed by atoms with E-state index in [-0.39, 0.29) is 29.3 Å². The SMILES string of the molecule is O=C(CCc1c(F)cccc1F)NNc1ccc(S(=O)(=O)NC2CC2)cc1. The second-order valence-corrected chi connectivity index (χ2v) is 8.01. The second kappa shape index (κ2) is 8.01. The van der Waals surface area contributed by atoms with Crippen LogP contribution in [0.2, 0.25) is 0 Å². The Morgan fingerprint density at radius 1 is 1.04 bits per heavy atom. The Kier molecular flexibility index (Phi) is 5.71. The highest BCUT2D eigenvalue weighted by atomic mass is 32.2. The third kappa shape index (κ3) is 5.24. The largest absolute Gasteiger partial charge is 0.299 e. The van der Waals surface area contributed by atoms with Crippen molar-refractivity contribution in [3.63, 3.8) is 0 Å². The quantitative estimate of drug-likeness (QED) is 0.600. The smallest absolute Gasteiger partial charge is 0.240 e. The van der Waals surface area contributed by atoms with Gasteiger partial charge in [0, 0.05) is 18.0 Å². The van der Waals surface area contributed by atoms with Crippen molar-refractivity contribution in [2.45, 2.75) is 36.6 Å². The van der Waals surface area contributed by atoms with Gasteiger partial charge in [0.15, 0.2) is 0 Å². The molecule has 3 rings (SSSR count). The van der Waals surface area contributed by atoms with Gasteiger partial charge in [-0.1, -0.05) is 6.07 Å². The molecule has 0 radical (unpaired) electrons. The van der Waals surface area contributed by atoms with Crippen molar-refractivity contribution in [2.75, 3.05) is 5.43 Å². The van der Waals surface area contributed by atoms with Gasteiger partial charge in [-0.25, -0.2) is 21.9 Å². The third-order valence-corrected chi connectivity index (χ3v) is 5.61. The van der Waals surface area contributed by atoms with Gasteiger partial charge in [-0.2, -0.15) is 0 Å². The molecule has 0 atom stereocenters. The summed E-state index contributed by atoms with van der Waals surface area (Å²) in [6.07, 6.45) is 1.52. The first-order valence-electron chi connectivity index (χ1n) is 8.45. The summed E-state index contributed by atoms with van der Waals surface area (Å²) >= 11 is 0. The summed E-state index contributed by atoms with van der Waals surface area (Å²) in [7, 11) is -3.53.